The van der Waals surface area contributed by atoms with Crippen LogP contribution in [-0.4, -0.2) is 19.3 Å². The normalized spacial score (nSPS) is 16.9. The largest absolute Gasteiger partial charge is 0.333 e. The zero-order valence-corrected chi connectivity index (χ0v) is 11.4. The standard InChI is InChI=1S/C11H14N2O2S2/c1-3-6-16-11-12-9-7-8(2)4-5-10(9)17(14,15)13-11/h4-5,7H,3,6H2,1-2H3,(H,12,13). The lowest BCUT2D eigenvalue weighted by Crippen LogP contribution is -2.19. The number of hydrogen-bond donors (Lipinski definition) is 1. The van der Waals surface area contributed by atoms with Crippen molar-refractivity contribution in [2.24, 2.45) is 4.40 Å². The van der Waals surface area contributed by atoms with E-state index in [1.54, 1.807) is 12.1 Å². The fourth-order valence-corrected chi connectivity index (χ4v) is 3.60. The lowest BCUT2D eigenvalue weighted by molar-refractivity contribution is 0.598. The zero-order valence-electron chi connectivity index (χ0n) is 9.73. The van der Waals surface area contributed by atoms with E-state index in [0.717, 1.165) is 17.7 Å². The molecule has 0 fully saturated rings. The van der Waals surface area contributed by atoms with Crippen LogP contribution < -0.4 is 5.32 Å². The maximum absolute atomic E-state index is 11.9. The number of anilines is 1. The number of amidine groups is 1. The highest BCUT2D eigenvalue weighted by Crippen LogP contribution is 2.30. The highest BCUT2D eigenvalue weighted by molar-refractivity contribution is 8.14. The summed E-state index contributed by atoms with van der Waals surface area (Å²) in [6.07, 6.45) is 0.978. The van der Waals surface area contributed by atoms with Crippen LogP contribution in [0.15, 0.2) is 27.5 Å². The van der Waals surface area contributed by atoms with E-state index in [2.05, 4.69) is 9.71 Å². The second-order valence-electron chi connectivity index (χ2n) is 3.84. The quantitative estimate of drug-likeness (QED) is 0.897. The number of benzene rings is 1. The van der Waals surface area contributed by atoms with Crippen molar-refractivity contribution in [3.8, 4) is 0 Å². The second kappa shape index (κ2) is 4.70. The van der Waals surface area contributed by atoms with E-state index in [0.29, 0.717) is 10.9 Å². The predicted octanol–water partition coefficient (Wildman–Crippen LogP) is 2.61. The third kappa shape index (κ3) is 2.63. The van der Waals surface area contributed by atoms with Gasteiger partial charge in [-0.25, -0.2) is 0 Å². The molecule has 0 aliphatic carbocycles. The molecule has 0 aromatic heterocycles. The van der Waals surface area contributed by atoms with Crippen LogP contribution in [0.3, 0.4) is 0 Å². The molecule has 17 heavy (non-hydrogen) atoms. The van der Waals surface area contributed by atoms with Crippen molar-refractivity contribution in [2.45, 2.75) is 25.2 Å². The van der Waals surface area contributed by atoms with Gasteiger partial charge in [0, 0.05) is 5.75 Å². The molecule has 0 radical (unpaired) electrons. The molecule has 0 bridgehead atoms. The summed E-state index contributed by atoms with van der Waals surface area (Å²) >= 11 is 1.43. The summed E-state index contributed by atoms with van der Waals surface area (Å²) in [5, 5.41) is 3.52. The van der Waals surface area contributed by atoms with Crippen LogP contribution in [0.5, 0.6) is 0 Å². The Bertz CT molecular complexity index is 565. The third-order valence-corrected chi connectivity index (χ3v) is 4.83. The summed E-state index contributed by atoms with van der Waals surface area (Å²) in [4.78, 5) is 0.254. The van der Waals surface area contributed by atoms with Gasteiger partial charge < -0.3 is 5.32 Å². The number of thioether (sulfide) groups is 1. The van der Waals surface area contributed by atoms with Crippen molar-refractivity contribution in [1.82, 2.24) is 0 Å². The summed E-state index contributed by atoms with van der Waals surface area (Å²) in [5.74, 6) is 0.850. The molecule has 0 spiro atoms. The monoisotopic (exact) mass is 270 g/mol. The molecule has 4 nitrogen and oxygen atoms in total. The van der Waals surface area contributed by atoms with Crippen LogP contribution in [-0.2, 0) is 10.0 Å². The van der Waals surface area contributed by atoms with Gasteiger partial charge in [0.2, 0.25) is 0 Å². The second-order valence-corrected chi connectivity index (χ2v) is 6.50. The highest BCUT2D eigenvalue weighted by atomic mass is 32.2. The molecule has 0 unspecified atom stereocenters. The van der Waals surface area contributed by atoms with Gasteiger partial charge in [-0.2, -0.15) is 8.42 Å². The Morgan fingerprint density at radius 3 is 2.88 bits per heavy atom. The number of nitrogens with one attached hydrogen (secondary N) is 1. The van der Waals surface area contributed by atoms with Crippen molar-refractivity contribution < 1.29 is 8.42 Å². The molecular formula is C11H14N2O2S2. The van der Waals surface area contributed by atoms with Gasteiger partial charge in [-0.3, -0.25) is 0 Å². The van der Waals surface area contributed by atoms with Gasteiger partial charge in [-0.05, 0) is 31.0 Å². The van der Waals surface area contributed by atoms with Crippen molar-refractivity contribution in [1.29, 1.82) is 0 Å². The first-order chi connectivity index (χ1) is 8.03. The highest BCUT2D eigenvalue weighted by Gasteiger charge is 2.24. The Kier molecular flexibility index (Phi) is 3.44. The Morgan fingerprint density at radius 1 is 1.41 bits per heavy atom. The lowest BCUT2D eigenvalue weighted by atomic mass is 10.2. The number of hydrogen-bond acceptors (Lipinski definition) is 4. The molecule has 0 saturated heterocycles. The fourth-order valence-electron chi connectivity index (χ4n) is 1.52. The first kappa shape index (κ1) is 12.4. The van der Waals surface area contributed by atoms with E-state index in [-0.39, 0.29) is 4.90 Å². The number of aryl methyl sites for hydroxylation is 1. The number of sulfonamides is 1. The van der Waals surface area contributed by atoms with Crippen LogP contribution in [0, 0.1) is 6.92 Å². The molecule has 1 aromatic rings. The maximum Gasteiger partial charge on any atom is 0.286 e. The summed E-state index contributed by atoms with van der Waals surface area (Å²) in [6, 6.07) is 5.20. The Hall–Kier alpha value is -1.01. The molecule has 0 amide bonds. The molecule has 1 N–H and O–H groups in total. The molecule has 1 heterocycles. The molecule has 0 atom stereocenters. The van der Waals surface area contributed by atoms with E-state index in [1.165, 1.54) is 11.8 Å². The summed E-state index contributed by atoms with van der Waals surface area (Å²) in [6.45, 7) is 3.97. The molecule has 1 aromatic carbocycles. The summed E-state index contributed by atoms with van der Waals surface area (Å²) in [5.41, 5.74) is 1.65. The maximum atomic E-state index is 11.9. The molecule has 1 aliphatic heterocycles. The number of nitrogens with zero attached hydrogens (tertiary/aromatic N) is 1. The summed E-state index contributed by atoms with van der Waals surface area (Å²) < 4.78 is 27.6. The average Bonchev–Trinajstić information content (AvgIpc) is 2.24. The van der Waals surface area contributed by atoms with E-state index in [9.17, 15) is 8.42 Å². The number of fused-ring (bicyclic) bond motifs is 1. The van der Waals surface area contributed by atoms with Crippen molar-refractivity contribution >= 4 is 32.6 Å². The Labute approximate surface area is 106 Å². The van der Waals surface area contributed by atoms with Crippen LogP contribution in [0.2, 0.25) is 0 Å². The van der Waals surface area contributed by atoms with Crippen LogP contribution >= 0.6 is 11.8 Å². The van der Waals surface area contributed by atoms with E-state index >= 15 is 0 Å². The zero-order chi connectivity index (χ0) is 12.5. The van der Waals surface area contributed by atoms with Crippen molar-refractivity contribution in [3.05, 3.63) is 23.8 Å². The first-order valence-electron chi connectivity index (χ1n) is 5.38. The molecule has 2 rings (SSSR count). The lowest BCUT2D eigenvalue weighted by Gasteiger charge is -2.17. The van der Waals surface area contributed by atoms with Crippen LogP contribution in [0.25, 0.3) is 0 Å². The average molecular weight is 270 g/mol. The molecule has 6 heteroatoms. The Morgan fingerprint density at radius 2 is 2.18 bits per heavy atom. The molecule has 1 aliphatic rings. The van der Waals surface area contributed by atoms with E-state index in [1.807, 2.05) is 19.9 Å². The predicted molar refractivity (Wildman–Crippen MR) is 72.2 cm³/mol. The van der Waals surface area contributed by atoms with Crippen molar-refractivity contribution in [3.63, 3.8) is 0 Å². The van der Waals surface area contributed by atoms with Crippen LogP contribution in [0.1, 0.15) is 18.9 Å². The van der Waals surface area contributed by atoms with Gasteiger partial charge in [0.05, 0.1) is 5.69 Å². The van der Waals surface area contributed by atoms with Gasteiger partial charge in [-0.15, -0.1) is 4.40 Å². The minimum absolute atomic E-state index is 0.254. The Balaban J connectivity index is 2.40. The first-order valence-corrected chi connectivity index (χ1v) is 7.81. The van der Waals surface area contributed by atoms with Gasteiger partial charge in [-0.1, -0.05) is 24.8 Å². The smallest absolute Gasteiger partial charge is 0.286 e. The topological polar surface area (TPSA) is 58.5 Å². The number of rotatable bonds is 2. The van der Waals surface area contributed by atoms with E-state index in [4.69, 9.17) is 0 Å². The minimum Gasteiger partial charge on any atom is -0.333 e. The van der Waals surface area contributed by atoms with Gasteiger partial charge in [0.15, 0.2) is 5.17 Å². The molecule has 92 valence electrons. The fraction of sp³-hybridized carbons (Fsp3) is 0.364. The summed E-state index contributed by atoms with van der Waals surface area (Å²) in [7, 11) is -3.53. The SMILES string of the molecule is CCCSC1=NS(=O)(=O)c2ccc(C)cc2N1. The molecule has 0 saturated carbocycles. The van der Waals surface area contributed by atoms with E-state index < -0.39 is 10.0 Å². The van der Waals surface area contributed by atoms with Gasteiger partial charge >= 0.3 is 0 Å². The molecular weight excluding hydrogens is 256 g/mol. The van der Waals surface area contributed by atoms with Crippen molar-refractivity contribution in [2.75, 3.05) is 11.1 Å². The van der Waals surface area contributed by atoms with Gasteiger partial charge in [0.25, 0.3) is 10.0 Å². The minimum atomic E-state index is -3.53. The third-order valence-electron chi connectivity index (χ3n) is 2.30. The van der Waals surface area contributed by atoms with Gasteiger partial charge in [0.1, 0.15) is 4.90 Å². The van der Waals surface area contributed by atoms with Crippen LogP contribution in [0.4, 0.5) is 5.69 Å².